The van der Waals surface area contributed by atoms with Gasteiger partial charge in [0.2, 0.25) is 0 Å². The first-order valence-electron chi connectivity index (χ1n) is 12.9. The molecule has 6 nitrogen and oxygen atoms in total. The topological polar surface area (TPSA) is 73.3 Å². The number of rotatable bonds is 8. The van der Waals surface area contributed by atoms with E-state index in [0.29, 0.717) is 56.4 Å². The fourth-order valence-electron chi connectivity index (χ4n) is 5.43. The molecular weight excluding hydrogens is 545 g/mol. The van der Waals surface area contributed by atoms with Crippen LogP contribution in [0.4, 0.5) is 0 Å². The van der Waals surface area contributed by atoms with Gasteiger partial charge in [-0.15, -0.1) is 0 Å². The van der Waals surface area contributed by atoms with Gasteiger partial charge in [-0.2, -0.15) is 5.10 Å². The number of hydrogen-bond donors (Lipinski definition) is 1. The average molecular weight is 573 g/mol. The van der Waals surface area contributed by atoms with Crippen molar-refractivity contribution in [2.45, 2.75) is 69.6 Å². The van der Waals surface area contributed by atoms with Crippen molar-refractivity contribution in [2.75, 3.05) is 0 Å². The van der Waals surface area contributed by atoms with E-state index >= 15 is 0 Å². The number of benzene rings is 2. The van der Waals surface area contributed by atoms with Crippen molar-refractivity contribution < 1.29 is 14.4 Å². The van der Waals surface area contributed by atoms with Gasteiger partial charge in [-0.25, -0.2) is 0 Å². The van der Waals surface area contributed by atoms with E-state index in [2.05, 4.69) is 24.1 Å². The number of nitrogens with zero attached hydrogens (tertiary/aromatic N) is 3. The first kappa shape index (κ1) is 25.8. The normalized spacial score (nSPS) is 21.1. The van der Waals surface area contributed by atoms with E-state index < -0.39 is 5.60 Å². The van der Waals surface area contributed by atoms with Crippen molar-refractivity contribution >= 4 is 34.8 Å². The lowest BCUT2D eigenvalue weighted by molar-refractivity contribution is -0.0569. The van der Waals surface area contributed by atoms with Crippen molar-refractivity contribution in [1.82, 2.24) is 14.9 Å². The summed E-state index contributed by atoms with van der Waals surface area (Å²) in [6.07, 6.45) is 5.12. The lowest BCUT2D eigenvalue weighted by Crippen LogP contribution is -2.41. The molecule has 9 heteroatoms. The van der Waals surface area contributed by atoms with Crippen LogP contribution in [0.3, 0.4) is 0 Å². The summed E-state index contributed by atoms with van der Waals surface area (Å²) in [6.45, 7) is 4.44. The molecule has 0 unspecified atom stereocenters. The SMILES string of the molecule is CC(C)n1nccc1C1CC(O)(c2ccc(OCc3c(-c4c(Cl)cccc4Cl)noc3C3CC3)cc2Cl)C1. The van der Waals surface area contributed by atoms with Gasteiger partial charge in [0, 0.05) is 40.9 Å². The number of halogens is 3. The Hall–Kier alpha value is -2.51. The van der Waals surface area contributed by atoms with Crippen LogP contribution >= 0.6 is 34.8 Å². The molecule has 6 rings (SSSR count). The van der Waals surface area contributed by atoms with Gasteiger partial charge in [-0.3, -0.25) is 4.68 Å². The molecule has 0 aliphatic heterocycles. The van der Waals surface area contributed by atoms with E-state index in [4.69, 9.17) is 44.1 Å². The zero-order chi connectivity index (χ0) is 26.6. The minimum absolute atomic E-state index is 0.230. The van der Waals surface area contributed by atoms with E-state index in [1.807, 2.05) is 29.1 Å². The second-order valence-electron chi connectivity index (χ2n) is 10.6. The molecule has 0 atom stereocenters. The van der Waals surface area contributed by atoms with Gasteiger partial charge < -0.3 is 14.4 Å². The highest BCUT2D eigenvalue weighted by atomic mass is 35.5. The molecule has 2 aliphatic carbocycles. The van der Waals surface area contributed by atoms with Crippen LogP contribution in [0, 0.1) is 0 Å². The molecule has 2 heterocycles. The van der Waals surface area contributed by atoms with Crippen LogP contribution in [0.5, 0.6) is 5.75 Å². The van der Waals surface area contributed by atoms with Gasteiger partial charge in [-0.1, -0.05) is 52.1 Å². The summed E-state index contributed by atoms with van der Waals surface area (Å²) in [5.41, 5.74) is 2.96. The van der Waals surface area contributed by atoms with Crippen LogP contribution in [0.1, 0.15) is 80.0 Å². The molecule has 0 bridgehead atoms. The Labute approximate surface area is 236 Å². The van der Waals surface area contributed by atoms with E-state index in [1.165, 1.54) is 0 Å². The highest BCUT2D eigenvalue weighted by molar-refractivity contribution is 6.39. The molecule has 2 fully saturated rings. The molecule has 2 saturated carbocycles. The third-order valence-corrected chi connectivity index (χ3v) is 8.51. The molecule has 2 aromatic carbocycles. The van der Waals surface area contributed by atoms with E-state index in [0.717, 1.165) is 29.9 Å². The Kier molecular flexibility index (Phi) is 6.71. The summed E-state index contributed by atoms with van der Waals surface area (Å²) in [4.78, 5) is 0. The summed E-state index contributed by atoms with van der Waals surface area (Å²) in [5, 5.41) is 21.6. The van der Waals surface area contributed by atoms with Gasteiger partial charge in [0.25, 0.3) is 0 Å². The largest absolute Gasteiger partial charge is 0.489 e. The first-order chi connectivity index (χ1) is 18.2. The Morgan fingerprint density at radius 2 is 1.79 bits per heavy atom. The van der Waals surface area contributed by atoms with Gasteiger partial charge in [0.1, 0.15) is 23.8 Å². The summed E-state index contributed by atoms with van der Waals surface area (Å²) < 4.78 is 13.9. The fraction of sp³-hybridized carbons (Fsp3) is 0.379. The number of aliphatic hydroxyl groups is 1. The van der Waals surface area contributed by atoms with Crippen LogP contribution in [0.15, 0.2) is 53.2 Å². The molecule has 0 spiro atoms. The molecule has 0 radical (unpaired) electrons. The summed E-state index contributed by atoms with van der Waals surface area (Å²) in [6, 6.07) is 13.1. The smallest absolute Gasteiger partial charge is 0.147 e. The lowest BCUT2D eigenvalue weighted by Gasteiger charge is -2.44. The monoisotopic (exact) mass is 571 g/mol. The first-order valence-corrected chi connectivity index (χ1v) is 14.0. The summed E-state index contributed by atoms with van der Waals surface area (Å²) in [5.74, 6) is 1.97. The number of hydrogen-bond acceptors (Lipinski definition) is 5. The molecule has 38 heavy (non-hydrogen) atoms. The number of aromatic nitrogens is 3. The number of ether oxygens (including phenoxy) is 1. The predicted octanol–water partition coefficient (Wildman–Crippen LogP) is 8.30. The van der Waals surface area contributed by atoms with Gasteiger partial charge in [0.15, 0.2) is 0 Å². The van der Waals surface area contributed by atoms with Gasteiger partial charge in [-0.05, 0) is 69.9 Å². The van der Waals surface area contributed by atoms with E-state index in [9.17, 15) is 5.11 Å². The Bertz CT molecular complexity index is 1470. The third-order valence-electron chi connectivity index (χ3n) is 7.57. The van der Waals surface area contributed by atoms with Crippen LogP contribution in [0.2, 0.25) is 15.1 Å². The highest BCUT2D eigenvalue weighted by Crippen LogP contribution is 2.53. The highest BCUT2D eigenvalue weighted by Gasteiger charge is 2.47. The standard InChI is InChI=1S/C29H28Cl3N3O3/c1-16(2)35-25(10-11-33-35)18-13-29(36,14-18)21-9-8-19(12-24(21)32)37-15-20-27(34-38-28(20)17-6-7-17)26-22(30)4-3-5-23(26)31/h3-5,8-12,16-18,36H,6-7,13-15H2,1-2H3. The quantitative estimate of drug-likeness (QED) is 0.230. The summed E-state index contributed by atoms with van der Waals surface area (Å²) in [7, 11) is 0. The Morgan fingerprint density at radius 1 is 1.05 bits per heavy atom. The molecule has 2 aromatic heterocycles. The van der Waals surface area contributed by atoms with E-state index in [-0.39, 0.29) is 18.6 Å². The molecule has 4 aromatic rings. The van der Waals surface area contributed by atoms with Crippen molar-refractivity contribution in [2.24, 2.45) is 0 Å². The second-order valence-corrected chi connectivity index (χ2v) is 11.8. The van der Waals surface area contributed by atoms with Gasteiger partial charge >= 0.3 is 0 Å². The van der Waals surface area contributed by atoms with Crippen LogP contribution in [-0.4, -0.2) is 20.0 Å². The zero-order valence-electron chi connectivity index (χ0n) is 21.1. The zero-order valence-corrected chi connectivity index (χ0v) is 23.4. The molecular formula is C29H28Cl3N3O3. The van der Waals surface area contributed by atoms with Crippen LogP contribution in [0.25, 0.3) is 11.3 Å². The third kappa shape index (κ3) is 4.62. The van der Waals surface area contributed by atoms with Crippen molar-refractivity contribution in [3.05, 3.63) is 86.3 Å². The van der Waals surface area contributed by atoms with Crippen molar-refractivity contribution in [3.8, 4) is 17.0 Å². The second kappa shape index (κ2) is 9.91. The maximum absolute atomic E-state index is 11.4. The maximum atomic E-state index is 11.4. The Balaban J connectivity index is 1.20. The van der Waals surface area contributed by atoms with Gasteiger partial charge in [0.05, 0.1) is 26.2 Å². The lowest BCUT2D eigenvalue weighted by atomic mass is 9.66. The minimum atomic E-state index is -0.978. The minimum Gasteiger partial charge on any atom is -0.489 e. The Morgan fingerprint density at radius 3 is 2.45 bits per heavy atom. The van der Waals surface area contributed by atoms with Crippen molar-refractivity contribution in [1.29, 1.82) is 0 Å². The molecule has 0 amide bonds. The van der Waals surface area contributed by atoms with E-state index in [1.54, 1.807) is 24.3 Å². The predicted molar refractivity (Wildman–Crippen MR) is 148 cm³/mol. The summed E-state index contributed by atoms with van der Waals surface area (Å²) >= 11 is 19.6. The van der Waals surface area contributed by atoms with Crippen LogP contribution in [-0.2, 0) is 12.2 Å². The molecule has 1 N–H and O–H groups in total. The average Bonchev–Trinajstić information content (AvgIpc) is 3.42. The van der Waals surface area contributed by atoms with Crippen molar-refractivity contribution in [3.63, 3.8) is 0 Å². The maximum Gasteiger partial charge on any atom is 0.147 e. The van der Waals surface area contributed by atoms with Crippen LogP contribution < -0.4 is 4.74 Å². The molecule has 2 aliphatic rings. The molecule has 0 saturated heterocycles. The molecule has 198 valence electrons. The fourth-order valence-corrected chi connectivity index (χ4v) is 6.35.